The maximum absolute atomic E-state index is 5.92. The fraction of sp³-hybridized carbons (Fsp3) is 0.714. The Balaban J connectivity index is 1.95. The first-order valence-corrected chi connectivity index (χ1v) is 8.81. The molecule has 1 aromatic rings. The van der Waals surface area contributed by atoms with Gasteiger partial charge in [-0.2, -0.15) is 11.8 Å². The van der Waals surface area contributed by atoms with Gasteiger partial charge in [-0.3, -0.25) is 0 Å². The molecule has 2 unspecified atom stereocenters. The Bertz CT molecular complexity index is 347. The quantitative estimate of drug-likeness (QED) is 0.868. The third-order valence-corrected chi connectivity index (χ3v) is 5.52. The number of hydrogen-bond donors (Lipinski definition) is 1. The molecule has 0 bridgehead atoms. The summed E-state index contributed by atoms with van der Waals surface area (Å²) in [6, 6.07) is 5.01. The van der Waals surface area contributed by atoms with Gasteiger partial charge in [0.1, 0.15) is 0 Å². The van der Waals surface area contributed by atoms with Gasteiger partial charge in [-0.1, -0.05) is 13.8 Å². The number of thiophene rings is 1. The van der Waals surface area contributed by atoms with Crippen LogP contribution in [0.15, 0.2) is 12.1 Å². The SMILES string of the molecule is CCNC(Cc1ccc(CC)s1)C1CSCCO1. The van der Waals surface area contributed by atoms with Crippen LogP contribution in [0.1, 0.15) is 23.6 Å². The van der Waals surface area contributed by atoms with Crippen LogP contribution < -0.4 is 5.32 Å². The summed E-state index contributed by atoms with van der Waals surface area (Å²) in [6.45, 7) is 6.32. The average Bonchev–Trinajstić information content (AvgIpc) is 2.87. The highest BCUT2D eigenvalue weighted by atomic mass is 32.2. The molecule has 0 amide bonds. The lowest BCUT2D eigenvalue weighted by atomic mass is 10.1. The van der Waals surface area contributed by atoms with Crippen molar-refractivity contribution in [3.8, 4) is 0 Å². The molecule has 4 heteroatoms. The summed E-state index contributed by atoms with van der Waals surface area (Å²) in [5, 5.41) is 3.60. The van der Waals surface area contributed by atoms with E-state index in [-0.39, 0.29) is 0 Å². The van der Waals surface area contributed by atoms with Crippen LogP contribution in [0.25, 0.3) is 0 Å². The normalized spacial score (nSPS) is 22.0. The summed E-state index contributed by atoms with van der Waals surface area (Å²) in [7, 11) is 0. The van der Waals surface area contributed by atoms with Gasteiger partial charge in [-0.15, -0.1) is 11.3 Å². The highest BCUT2D eigenvalue weighted by Gasteiger charge is 2.24. The van der Waals surface area contributed by atoms with Gasteiger partial charge in [0, 0.05) is 27.3 Å². The number of ether oxygens (including phenoxy) is 1. The zero-order valence-electron chi connectivity index (χ0n) is 11.3. The second kappa shape index (κ2) is 7.53. The monoisotopic (exact) mass is 285 g/mol. The van der Waals surface area contributed by atoms with E-state index in [4.69, 9.17) is 4.74 Å². The molecular weight excluding hydrogens is 262 g/mol. The van der Waals surface area contributed by atoms with Crippen LogP contribution in [0.4, 0.5) is 0 Å². The largest absolute Gasteiger partial charge is 0.375 e. The van der Waals surface area contributed by atoms with Crippen LogP contribution in [0, 0.1) is 0 Å². The summed E-state index contributed by atoms with van der Waals surface area (Å²) >= 11 is 3.96. The van der Waals surface area contributed by atoms with E-state index in [0.717, 1.165) is 37.5 Å². The molecule has 102 valence electrons. The van der Waals surface area contributed by atoms with Crippen molar-refractivity contribution >= 4 is 23.1 Å². The van der Waals surface area contributed by atoms with E-state index in [1.165, 1.54) is 9.75 Å². The number of hydrogen-bond acceptors (Lipinski definition) is 4. The molecule has 2 rings (SSSR count). The van der Waals surface area contributed by atoms with Gasteiger partial charge in [0.2, 0.25) is 0 Å². The summed E-state index contributed by atoms with van der Waals surface area (Å²) in [6.07, 6.45) is 2.62. The van der Waals surface area contributed by atoms with Gasteiger partial charge in [0.25, 0.3) is 0 Å². The standard InChI is InChI=1S/C14H23NOS2/c1-3-11-5-6-12(18-11)9-13(15-4-2)14-10-17-8-7-16-14/h5-6,13-15H,3-4,7-10H2,1-2H3. The molecule has 2 heterocycles. The third-order valence-electron chi connectivity index (χ3n) is 3.24. The molecule has 0 radical (unpaired) electrons. The number of thioether (sulfide) groups is 1. The van der Waals surface area contributed by atoms with E-state index < -0.39 is 0 Å². The van der Waals surface area contributed by atoms with E-state index in [9.17, 15) is 0 Å². The molecule has 18 heavy (non-hydrogen) atoms. The van der Waals surface area contributed by atoms with Gasteiger partial charge in [0.05, 0.1) is 12.7 Å². The summed E-state index contributed by atoms with van der Waals surface area (Å²) in [5.74, 6) is 2.28. The van der Waals surface area contributed by atoms with Crippen molar-refractivity contribution in [2.75, 3.05) is 24.7 Å². The van der Waals surface area contributed by atoms with E-state index in [2.05, 4.69) is 31.3 Å². The molecule has 2 atom stereocenters. The van der Waals surface area contributed by atoms with Crippen molar-refractivity contribution in [3.05, 3.63) is 21.9 Å². The Hall–Kier alpha value is -0.0300. The molecule has 1 fully saturated rings. The fourth-order valence-corrected chi connectivity index (χ4v) is 4.23. The summed E-state index contributed by atoms with van der Waals surface area (Å²) in [4.78, 5) is 2.97. The Labute approximate surface area is 119 Å². The first kappa shape index (κ1) is 14.4. The van der Waals surface area contributed by atoms with E-state index in [0.29, 0.717) is 12.1 Å². The van der Waals surface area contributed by atoms with Gasteiger partial charge in [-0.05, 0) is 31.5 Å². The molecule has 0 saturated carbocycles. The lowest BCUT2D eigenvalue weighted by molar-refractivity contribution is 0.0478. The molecule has 0 spiro atoms. The van der Waals surface area contributed by atoms with E-state index >= 15 is 0 Å². The number of rotatable bonds is 6. The van der Waals surface area contributed by atoms with Crippen LogP contribution >= 0.6 is 23.1 Å². The molecule has 0 aromatic carbocycles. The second-order valence-corrected chi connectivity index (χ2v) is 6.98. The highest BCUT2D eigenvalue weighted by molar-refractivity contribution is 7.99. The van der Waals surface area contributed by atoms with Crippen LogP contribution in [-0.2, 0) is 17.6 Å². The Morgan fingerprint density at radius 1 is 1.39 bits per heavy atom. The summed E-state index contributed by atoms with van der Waals surface area (Å²) in [5.41, 5.74) is 0. The molecule has 2 nitrogen and oxygen atoms in total. The van der Waals surface area contributed by atoms with Crippen molar-refractivity contribution in [1.29, 1.82) is 0 Å². The summed E-state index contributed by atoms with van der Waals surface area (Å²) < 4.78 is 5.92. The minimum absolute atomic E-state index is 0.371. The zero-order chi connectivity index (χ0) is 12.8. The first-order valence-electron chi connectivity index (χ1n) is 6.83. The van der Waals surface area contributed by atoms with Crippen molar-refractivity contribution in [3.63, 3.8) is 0 Å². The van der Waals surface area contributed by atoms with Gasteiger partial charge in [-0.25, -0.2) is 0 Å². The molecule has 1 N–H and O–H groups in total. The molecule has 0 aliphatic carbocycles. The number of nitrogens with one attached hydrogen (secondary N) is 1. The Kier molecular flexibility index (Phi) is 6.02. The van der Waals surface area contributed by atoms with Crippen LogP contribution in [0.5, 0.6) is 0 Å². The van der Waals surface area contributed by atoms with Crippen LogP contribution in [-0.4, -0.2) is 36.8 Å². The molecule has 1 aliphatic heterocycles. The van der Waals surface area contributed by atoms with E-state index in [1.807, 2.05) is 23.1 Å². The smallest absolute Gasteiger partial charge is 0.0822 e. The van der Waals surface area contributed by atoms with Crippen molar-refractivity contribution in [2.24, 2.45) is 0 Å². The molecule has 1 aliphatic rings. The number of likely N-dealkylation sites (N-methyl/N-ethyl adjacent to an activating group) is 1. The predicted octanol–water partition coefficient (Wildman–Crippen LogP) is 2.96. The van der Waals surface area contributed by atoms with Gasteiger partial charge >= 0.3 is 0 Å². The molecule has 1 aromatic heterocycles. The second-order valence-electron chi connectivity index (χ2n) is 4.57. The molecular formula is C14H23NOS2. The maximum Gasteiger partial charge on any atom is 0.0822 e. The minimum Gasteiger partial charge on any atom is -0.375 e. The van der Waals surface area contributed by atoms with E-state index in [1.54, 1.807) is 0 Å². The van der Waals surface area contributed by atoms with Crippen molar-refractivity contribution in [2.45, 2.75) is 38.8 Å². The number of aryl methyl sites for hydroxylation is 1. The third kappa shape index (κ3) is 3.98. The van der Waals surface area contributed by atoms with Gasteiger partial charge < -0.3 is 10.1 Å². The zero-order valence-corrected chi connectivity index (χ0v) is 12.9. The lowest BCUT2D eigenvalue weighted by Crippen LogP contribution is -2.46. The Morgan fingerprint density at radius 2 is 2.22 bits per heavy atom. The topological polar surface area (TPSA) is 21.3 Å². The van der Waals surface area contributed by atoms with Crippen molar-refractivity contribution in [1.82, 2.24) is 5.32 Å². The lowest BCUT2D eigenvalue weighted by Gasteiger charge is -2.30. The first-order chi connectivity index (χ1) is 8.83. The predicted molar refractivity (Wildman–Crippen MR) is 81.9 cm³/mol. The van der Waals surface area contributed by atoms with Crippen LogP contribution in [0.2, 0.25) is 0 Å². The fourth-order valence-electron chi connectivity index (χ4n) is 2.27. The minimum atomic E-state index is 0.371. The average molecular weight is 285 g/mol. The maximum atomic E-state index is 5.92. The van der Waals surface area contributed by atoms with Gasteiger partial charge in [0.15, 0.2) is 0 Å². The van der Waals surface area contributed by atoms with Crippen LogP contribution in [0.3, 0.4) is 0 Å². The molecule has 1 saturated heterocycles. The Morgan fingerprint density at radius 3 is 2.83 bits per heavy atom. The highest BCUT2D eigenvalue weighted by Crippen LogP contribution is 2.22. The van der Waals surface area contributed by atoms with Crippen molar-refractivity contribution < 1.29 is 4.74 Å².